The van der Waals surface area contributed by atoms with Crippen LogP contribution in [0.25, 0.3) is 11.1 Å². The predicted molar refractivity (Wildman–Crippen MR) is 110 cm³/mol. The summed E-state index contributed by atoms with van der Waals surface area (Å²) in [5, 5.41) is 15.8. The zero-order valence-electron chi connectivity index (χ0n) is 16.5. The van der Waals surface area contributed by atoms with Gasteiger partial charge in [-0.25, -0.2) is 0 Å². The Balaban J connectivity index is 1.81. The van der Waals surface area contributed by atoms with Crippen molar-refractivity contribution >= 4 is 17.5 Å². The minimum atomic E-state index is -0.695. The molecule has 0 spiro atoms. The molecule has 0 bridgehead atoms. The number of aliphatic hydroxyl groups is 1. The van der Waals surface area contributed by atoms with Crippen LogP contribution in [-0.4, -0.2) is 59.9 Å². The molecule has 29 heavy (non-hydrogen) atoms. The molecule has 7 nitrogen and oxygen atoms in total. The van der Waals surface area contributed by atoms with Crippen molar-refractivity contribution in [2.75, 3.05) is 20.3 Å². The monoisotopic (exact) mass is 395 g/mol. The molecular weight excluding hydrogens is 370 g/mol. The molecule has 0 saturated carbocycles. The number of carbonyl (C=O) groups is 2. The largest absolute Gasteiger partial charge is 0.399 e. The lowest BCUT2D eigenvalue weighted by Gasteiger charge is -2.24. The summed E-state index contributed by atoms with van der Waals surface area (Å²) in [6, 6.07) is 16.1. The van der Waals surface area contributed by atoms with Gasteiger partial charge in [-0.05, 0) is 30.2 Å². The molecule has 2 amide bonds. The van der Waals surface area contributed by atoms with E-state index < -0.39 is 12.1 Å². The first-order valence-corrected chi connectivity index (χ1v) is 9.50. The first-order valence-electron chi connectivity index (χ1n) is 9.50. The number of hydrogen-bond donors (Lipinski definition) is 2. The van der Waals surface area contributed by atoms with Gasteiger partial charge in [-0.1, -0.05) is 47.6 Å². The number of likely N-dealkylation sites (tertiary alicyclic amines) is 1. The van der Waals surface area contributed by atoms with E-state index in [0.717, 1.165) is 11.1 Å². The van der Waals surface area contributed by atoms with E-state index in [2.05, 4.69) is 10.5 Å². The van der Waals surface area contributed by atoms with Crippen LogP contribution >= 0.6 is 0 Å². The van der Waals surface area contributed by atoms with Crippen molar-refractivity contribution in [2.24, 2.45) is 5.16 Å². The second-order valence-corrected chi connectivity index (χ2v) is 7.03. The third-order valence-corrected chi connectivity index (χ3v) is 4.84. The van der Waals surface area contributed by atoms with E-state index in [1.54, 1.807) is 19.1 Å². The number of rotatable bonds is 6. The van der Waals surface area contributed by atoms with E-state index in [1.807, 2.05) is 42.5 Å². The maximum absolute atomic E-state index is 13.1. The van der Waals surface area contributed by atoms with Crippen LogP contribution in [0.1, 0.15) is 23.7 Å². The molecule has 1 fully saturated rings. The Bertz CT molecular complexity index is 881. The van der Waals surface area contributed by atoms with Crippen molar-refractivity contribution in [1.29, 1.82) is 0 Å². The van der Waals surface area contributed by atoms with Gasteiger partial charge in [0, 0.05) is 18.0 Å². The number of nitrogens with one attached hydrogen (secondary N) is 1. The molecule has 2 N–H and O–H groups in total. The molecule has 2 aromatic rings. The highest BCUT2D eigenvalue weighted by atomic mass is 16.6. The lowest BCUT2D eigenvalue weighted by molar-refractivity contribution is -0.125. The number of amides is 2. The normalized spacial score (nSPS) is 18.5. The van der Waals surface area contributed by atoms with Gasteiger partial charge in [-0.2, -0.15) is 0 Å². The molecule has 1 aliphatic heterocycles. The number of aliphatic hydroxyl groups excluding tert-OH is 1. The smallest absolute Gasteiger partial charge is 0.254 e. The molecule has 2 atom stereocenters. The molecule has 3 rings (SSSR count). The van der Waals surface area contributed by atoms with Crippen molar-refractivity contribution in [3.8, 4) is 11.1 Å². The first kappa shape index (κ1) is 20.5. The Morgan fingerprint density at radius 3 is 2.45 bits per heavy atom. The van der Waals surface area contributed by atoms with Gasteiger partial charge in [0.1, 0.15) is 13.2 Å². The molecule has 1 heterocycles. The van der Waals surface area contributed by atoms with Gasteiger partial charge in [0.15, 0.2) is 0 Å². The zero-order valence-corrected chi connectivity index (χ0v) is 16.5. The molecule has 0 aliphatic carbocycles. The summed E-state index contributed by atoms with van der Waals surface area (Å²) in [4.78, 5) is 32.1. The highest BCUT2D eigenvalue weighted by Gasteiger charge is 2.38. The number of carbonyl (C=O) groups excluding carboxylic acids is 2. The van der Waals surface area contributed by atoms with Crippen molar-refractivity contribution in [3.63, 3.8) is 0 Å². The van der Waals surface area contributed by atoms with E-state index in [9.17, 15) is 14.7 Å². The van der Waals surface area contributed by atoms with E-state index in [-0.39, 0.29) is 25.0 Å². The Morgan fingerprint density at radius 2 is 1.83 bits per heavy atom. The summed E-state index contributed by atoms with van der Waals surface area (Å²) >= 11 is 0. The molecule has 1 saturated heterocycles. The van der Waals surface area contributed by atoms with E-state index in [4.69, 9.17) is 4.84 Å². The van der Waals surface area contributed by atoms with Crippen LogP contribution in [0.5, 0.6) is 0 Å². The minimum absolute atomic E-state index is 0.174. The Labute approximate surface area is 170 Å². The number of hydrogen-bond acceptors (Lipinski definition) is 5. The number of nitrogens with zero attached hydrogens (tertiary/aromatic N) is 2. The zero-order chi connectivity index (χ0) is 20.8. The average molecular weight is 395 g/mol. The summed E-state index contributed by atoms with van der Waals surface area (Å²) in [6.07, 6.45) is 0.297. The van der Waals surface area contributed by atoms with Crippen LogP contribution in [-0.2, 0) is 9.63 Å². The van der Waals surface area contributed by atoms with Gasteiger partial charge in [0.05, 0.1) is 18.9 Å². The highest BCUT2D eigenvalue weighted by Crippen LogP contribution is 2.23. The summed E-state index contributed by atoms with van der Waals surface area (Å²) in [6.45, 7) is 1.75. The van der Waals surface area contributed by atoms with Gasteiger partial charge >= 0.3 is 0 Å². The standard InChI is InChI=1S/C22H25N3O4/c1-15(14-26)23-21(27)20-12-19(24-29-2)13-25(20)22(28)18-10-8-17(9-11-18)16-6-4-3-5-7-16/h3-11,15,20,26H,12-14H2,1-2H3,(H,23,27)/t15?,20-/m0/s1. The first-order chi connectivity index (χ1) is 14.0. The van der Waals surface area contributed by atoms with Gasteiger partial charge in [0.2, 0.25) is 5.91 Å². The van der Waals surface area contributed by atoms with Crippen LogP contribution in [0.15, 0.2) is 59.8 Å². The van der Waals surface area contributed by atoms with Gasteiger partial charge in [-0.3, -0.25) is 9.59 Å². The predicted octanol–water partition coefficient (Wildman–Crippen LogP) is 2.07. The van der Waals surface area contributed by atoms with Crippen LogP contribution in [0.2, 0.25) is 0 Å². The van der Waals surface area contributed by atoms with Crippen molar-refractivity contribution in [2.45, 2.75) is 25.4 Å². The lowest BCUT2D eigenvalue weighted by Crippen LogP contribution is -2.49. The number of oxime groups is 1. The maximum Gasteiger partial charge on any atom is 0.254 e. The fourth-order valence-corrected chi connectivity index (χ4v) is 3.33. The van der Waals surface area contributed by atoms with E-state index in [1.165, 1.54) is 12.0 Å². The summed E-state index contributed by atoms with van der Waals surface area (Å²) in [5.41, 5.74) is 3.20. The Hall–Kier alpha value is -3.19. The molecule has 7 heteroatoms. The molecule has 1 aliphatic rings. The highest BCUT2D eigenvalue weighted by molar-refractivity contribution is 6.05. The number of benzene rings is 2. The van der Waals surface area contributed by atoms with Gasteiger partial charge in [0.25, 0.3) is 5.91 Å². The van der Waals surface area contributed by atoms with Gasteiger partial charge < -0.3 is 20.2 Å². The average Bonchev–Trinajstić information content (AvgIpc) is 3.18. The second-order valence-electron chi connectivity index (χ2n) is 7.03. The lowest BCUT2D eigenvalue weighted by atomic mass is 10.0. The summed E-state index contributed by atoms with van der Waals surface area (Å²) < 4.78 is 0. The molecule has 152 valence electrons. The van der Waals surface area contributed by atoms with Crippen LogP contribution < -0.4 is 5.32 Å². The quantitative estimate of drug-likeness (QED) is 0.733. The van der Waals surface area contributed by atoms with Crippen LogP contribution in [0.3, 0.4) is 0 Å². The fourth-order valence-electron chi connectivity index (χ4n) is 3.33. The van der Waals surface area contributed by atoms with Gasteiger partial charge in [-0.15, -0.1) is 0 Å². The summed E-state index contributed by atoms with van der Waals surface area (Å²) in [7, 11) is 1.43. The molecule has 0 aromatic heterocycles. The molecule has 0 radical (unpaired) electrons. The third kappa shape index (κ3) is 4.81. The van der Waals surface area contributed by atoms with E-state index in [0.29, 0.717) is 17.7 Å². The Morgan fingerprint density at radius 1 is 1.17 bits per heavy atom. The maximum atomic E-state index is 13.1. The van der Waals surface area contributed by atoms with E-state index >= 15 is 0 Å². The Kier molecular flexibility index (Phi) is 6.61. The van der Waals surface area contributed by atoms with Crippen molar-refractivity contribution < 1.29 is 19.5 Å². The fraction of sp³-hybridized carbons (Fsp3) is 0.318. The van der Waals surface area contributed by atoms with Crippen LogP contribution in [0.4, 0.5) is 0 Å². The second kappa shape index (κ2) is 9.34. The van der Waals surface area contributed by atoms with Crippen molar-refractivity contribution in [1.82, 2.24) is 10.2 Å². The minimum Gasteiger partial charge on any atom is -0.399 e. The SMILES string of the molecule is CON=C1C[C@@H](C(=O)NC(C)CO)N(C(=O)c2ccc(-c3ccccc3)cc2)C1. The van der Waals surface area contributed by atoms with Crippen molar-refractivity contribution in [3.05, 3.63) is 60.2 Å². The summed E-state index contributed by atoms with van der Waals surface area (Å²) in [5.74, 6) is -0.565. The third-order valence-electron chi connectivity index (χ3n) is 4.84. The topological polar surface area (TPSA) is 91.2 Å². The van der Waals surface area contributed by atoms with Crippen LogP contribution in [0, 0.1) is 0 Å². The molecule has 2 aromatic carbocycles. The molecular formula is C22H25N3O4. The molecule has 1 unspecified atom stereocenters.